The number of halogens is 1. The second-order valence-corrected chi connectivity index (χ2v) is 5.32. The van der Waals surface area contributed by atoms with Crippen molar-refractivity contribution in [1.29, 1.82) is 0 Å². The van der Waals surface area contributed by atoms with E-state index >= 15 is 0 Å². The van der Waals surface area contributed by atoms with Gasteiger partial charge < -0.3 is 14.8 Å². The predicted octanol–water partition coefficient (Wildman–Crippen LogP) is 2.52. The summed E-state index contributed by atoms with van der Waals surface area (Å²) < 4.78 is 23.9. The summed E-state index contributed by atoms with van der Waals surface area (Å²) in [5.74, 6) is -1.53. The number of hydrogen-bond acceptors (Lipinski definition) is 7. The molecule has 0 aliphatic rings. The molecule has 0 aliphatic heterocycles. The van der Waals surface area contributed by atoms with Crippen molar-refractivity contribution in [3.63, 3.8) is 0 Å². The van der Waals surface area contributed by atoms with Crippen LogP contribution in [0.1, 0.15) is 25.3 Å². The number of carbonyl (C=O) groups excluding carboxylic acids is 2. The van der Waals surface area contributed by atoms with Crippen molar-refractivity contribution in [2.24, 2.45) is 0 Å². The molecule has 7 nitrogen and oxygen atoms in total. The highest BCUT2D eigenvalue weighted by Gasteiger charge is 2.11. The van der Waals surface area contributed by atoms with Gasteiger partial charge in [0.15, 0.2) is 17.4 Å². The molecule has 1 aromatic heterocycles. The average molecular weight is 361 g/mol. The first-order chi connectivity index (χ1) is 12.6. The molecule has 0 aliphatic carbocycles. The second kappa shape index (κ2) is 10.1. The Kier molecular flexibility index (Phi) is 7.48. The van der Waals surface area contributed by atoms with Gasteiger partial charge in [-0.15, -0.1) is 0 Å². The first-order valence-corrected chi connectivity index (χ1v) is 8.19. The van der Waals surface area contributed by atoms with E-state index in [0.29, 0.717) is 0 Å². The Labute approximate surface area is 150 Å². The zero-order valence-electron chi connectivity index (χ0n) is 14.4. The lowest BCUT2D eigenvalue weighted by Gasteiger charge is -2.08. The summed E-state index contributed by atoms with van der Waals surface area (Å²) in [7, 11) is 0. The lowest BCUT2D eigenvalue weighted by atomic mass is 10.2. The van der Waals surface area contributed by atoms with Crippen LogP contribution in [0.2, 0.25) is 0 Å². The first kappa shape index (κ1) is 19.3. The lowest BCUT2D eigenvalue weighted by molar-refractivity contribution is -0.144. The highest BCUT2D eigenvalue weighted by molar-refractivity contribution is 5.85. The van der Waals surface area contributed by atoms with E-state index in [4.69, 9.17) is 9.47 Å². The topological polar surface area (TPSA) is 90.4 Å². The molecule has 0 atom stereocenters. The SMILES string of the molecule is CCOC(=O)CCC(=O)CNc1nc(OCc2ccccc2)ncc1F. The number of rotatable bonds is 10. The Balaban J connectivity index is 1.84. The number of nitrogens with zero attached hydrogens (tertiary/aromatic N) is 2. The minimum absolute atomic E-state index is 0.00303. The molecule has 2 rings (SSSR count). The number of carbonyl (C=O) groups is 2. The molecule has 0 spiro atoms. The molecule has 1 heterocycles. The van der Waals surface area contributed by atoms with Gasteiger partial charge in [0.2, 0.25) is 0 Å². The number of benzene rings is 1. The minimum atomic E-state index is -0.699. The first-order valence-electron chi connectivity index (χ1n) is 8.19. The van der Waals surface area contributed by atoms with Crippen LogP contribution in [-0.2, 0) is 20.9 Å². The number of anilines is 1. The van der Waals surface area contributed by atoms with Crippen molar-refractivity contribution in [1.82, 2.24) is 9.97 Å². The van der Waals surface area contributed by atoms with Crippen LogP contribution in [0.3, 0.4) is 0 Å². The molecule has 0 fully saturated rings. The van der Waals surface area contributed by atoms with Gasteiger partial charge in [-0.25, -0.2) is 9.37 Å². The Hall–Kier alpha value is -3.03. The van der Waals surface area contributed by atoms with Gasteiger partial charge in [-0.3, -0.25) is 9.59 Å². The zero-order valence-corrected chi connectivity index (χ0v) is 14.4. The molecular formula is C18H20FN3O4. The maximum Gasteiger partial charge on any atom is 0.318 e. The van der Waals surface area contributed by atoms with Crippen LogP contribution in [0.5, 0.6) is 6.01 Å². The number of ether oxygens (including phenoxy) is 2. The molecule has 26 heavy (non-hydrogen) atoms. The number of ketones is 1. The Morgan fingerprint density at radius 2 is 1.96 bits per heavy atom. The quantitative estimate of drug-likeness (QED) is 0.650. The maximum absolute atomic E-state index is 13.8. The van der Waals surface area contributed by atoms with Gasteiger partial charge in [0.1, 0.15) is 6.61 Å². The van der Waals surface area contributed by atoms with Crippen molar-refractivity contribution in [2.75, 3.05) is 18.5 Å². The Morgan fingerprint density at radius 3 is 2.69 bits per heavy atom. The van der Waals surface area contributed by atoms with Crippen molar-refractivity contribution in [2.45, 2.75) is 26.4 Å². The normalized spacial score (nSPS) is 10.2. The van der Waals surface area contributed by atoms with Gasteiger partial charge in [0.25, 0.3) is 0 Å². The Bertz CT molecular complexity index is 740. The molecule has 0 amide bonds. The van der Waals surface area contributed by atoms with Crippen LogP contribution in [0.15, 0.2) is 36.5 Å². The number of aromatic nitrogens is 2. The van der Waals surface area contributed by atoms with Gasteiger partial charge in [-0.1, -0.05) is 30.3 Å². The summed E-state index contributed by atoms with van der Waals surface area (Å²) >= 11 is 0. The second-order valence-electron chi connectivity index (χ2n) is 5.32. The standard InChI is InChI=1S/C18H20FN3O4/c1-2-25-16(24)9-8-14(23)10-20-17-15(19)11-21-18(22-17)26-12-13-6-4-3-5-7-13/h3-7,11H,2,8-10,12H2,1H3,(H,20,21,22). The summed E-state index contributed by atoms with van der Waals surface area (Å²) in [6.45, 7) is 2.04. The van der Waals surface area contributed by atoms with Gasteiger partial charge in [-0.05, 0) is 12.5 Å². The Morgan fingerprint density at radius 1 is 1.19 bits per heavy atom. The molecule has 1 aromatic carbocycles. The highest BCUT2D eigenvalue weighted by Crippen LogP contribution is 2.14. The summed E-state index contributed by atoms with van der Waals surface area (Å²) in [5.41, 5.74) is 0.920. The van der Waals surface area contributed by atoms with E-state index in [1.165, 1.54) is 0 Å². The number of esters is 1. The molecule has 0 saturated carbocycles. The number of Topliss-reactive ketones (excluding diaryl/α,β-unsaturated/α-hetero) is 1. The molecular weight excluding hydrogens is 341 g/mol. The molecule has 0 unspecified atom stereocenters. The largest absolute Gasteiger partial charge is 0.466 e. The maximum atomic E-state index is 13.8. The fraction of sp³-hybridized carbons (Fsp3) is 0.333. The van der Waals surface area contributed by atoms with Gasteiger partial charge >= 0.3 is 12.0 Å². The van der Waals surface area contributed by atoms with E-state index in [2.05, 4.69) is 15.3 Å². The van der Waals surface area contributed by atoms with Crippen LogP contribution in [-0.4, -0.2) is 34.9 Å². The molecule has 138 valence electrons. The third-order valence-corrected chi connectivity index (χ3v) is 3.30. The number of nitrogens with one attached hydrogen (secondary N) is 1. The predicted molar refractivity (Wildman–Crippen MR) is 92.1 cm³/mol. The zero-order chi connectivity index (χ0) is 18.8. The van der Waals surface area contributed by atoms with E-state index in [1.54, 1.807) is 6.92 Å². The summed E-state index contributed by atoms with van der Waals surface area (Å²) in [6, 6.07) is 9.39. The van der Waals surface area contributed by atoms with Crippen molar-refractivity contribution >= 4 is 17.6 Å². The van der Waals surface area contributed by atoms with Crippen LogP contribution in [0.25, 0.3) is 0 Å². The molecule has 8 heteroatoms. The summed E-state index contributed by atoms with van der Waals surface area (Å²) in [6.07, 6.45) is 0.973. The highest BCUT2D eigenvalue weighted by atomic mass is 19.1. The van der Waals surface area contributed by atoms with Crippen LogP contribution in [0.4, 0.5) is 10.2 Å². The molecule has 2 aromatic rings. The van der Waals surface area contributed by atoms with Crippen molar-refractivity contribution in [3.8, 4) is 6.01 Å². The van der Waals surface area contributed by atoms with E-state index in [-0.39, 0.29) is 50.2 Å². The molecule has 1 N–H and O–H groups in total. The van der Waals surface area contributed by atoms with Crippen LogP contribution in [0, 0.1) is 5.82 Å². The molecule has 0 radical (unpaired) electrons. The molecule has 0 bridgehead atoms. The third kappa shape index (κ3) is 6.46. The van der Waals surface area contributed by atoms with E-state index in [1.807, 2.05) is 30.3 Å². The average Bonchev–Trinajstić information content (AvgIpc) is 2.65. The fourth-order valence-corrected chi connectivity index (χ4v) is 2.01. The van der Waals surface area contributed by atoms with Crippen molar-refractivity contribution in [3.05, 3.63) is 47.9 Å². The van der Waals surface area contributed by atoms with Gasteiger partial charge in [0.05, 0.1) is 25.8 Å². The summed E-state index contributed by atoms with van der Waals surface area (Å²) in [4.78, 5) is 30.7. The van der Waals surface area contributed by atoms with E-state index in [9.17, 15) is 14.0 Å². The van der Waals surface area contributed by atoms with Gasteiger partial charge in [0, 0.05) is 6.42 Å². The fourth-order valence-electron chi connectivity index (χ4n) is 2.01. The monoisotopic (exact) mass is 361 g/mol. The lowest BCUT2D eigenvalue weighted by Crippen LogP contribution is -2.17. The van der Waals surface area contributed by atoms with Crippen molar-refractivity contribution < 1.29 is 23.5 Å². The number of hydrogen-bond donors (Lipinski definition) is 1. The van der Waals surface area contributed by atoms with Gasteiger partial charge in [-0.2, -0.15) is 4.98 Å². The van der Waals surface area contributed by atoms with Crippen LogP contribution >= 0.6 is 0 Å². The summed E-state index contributed by atoms with van der Waals surface area (Å²) in [5, 5.41) is 2.60. The molecule has 0 saturated heterocycles. The minimum Gasteiger partial charge on any atom is -0.466 e. The third-order valence-electron chi connectivity index (χ3n) is 3.30. The van der Waals surface area contributed by atoms with E-state index in [0.717, 1.165) is 11.8 Å². The van der Waals surface area contributed by atoms with E-state index < -0.39 is 11.8 Å². The van der Waals surface area contributed by atoms with Crippen LogP contribution < -0.4 is 10.1 Å². The smallest absolute Gasteiger partial charge is 0.318 e.